The van der Waals surface area contributed by atoms with Gasteiger partial charge in [0.1, 0.15) is 17.3 Å². The van der Waals surface area contributed by atoms with Crippen molar-refractivity contribution in [2.75, 3.05) is 18.0 Å². The molecule has 1 aromatic carbocycles. The maximum Gasteiger partial charge on any atom is 0.170 e. The second-order valence-corrected chi connectivity index (χ2v) is 4.68. The van der Waals surface area contributed by atoms with Gasteiger partial charge in [0.15, 0.2) is 5.84 Å². The van der Waals surface area contributed by atoms with E-state index in [1.54, 1.807) is 4.90 Å². The Morgan fingerprint density at radius 2 is 1.63 bits per heavy atom. The van der Waals surface area contributed by atoms with E-state index in [4.69, 9.17) is 10.9 Å². The van der Waals surface area contributed by atoms with Gasteiger partial charge in [0.05, 0.1) is 0 Å². The lowest BCUT2D eigenvalue weighted by molar-refractivity contribution is 0.318. The van der Waals surface area contributed by atoms with Crippen LogP contribution in [-0.4, -0.2) is 24.1 Å². The Bertz CT molecular complexity index is 460. The Morgan fingerprint density at radius 3 is 2.11 bits per heavy atom. The number of oxime groups is 1. The Labute approximate surface area is 110 Å². The molecule has 1 aliphatic heterocycles. The largest absolute Gasteiger partial charge is 0.409 e. The lowest BCUT2D eigenvalue weighted by Crippen LogP contribution is -2.26. The highest BCUT2D eigenvalue weighted by Gasteiger charge is 2.20. The molecule has 0 radical (unpaired) electrons. The number of amidine groups is 1. The van der Waals surface area contributed by atoms with Gasteiger partial charge in [0.2, 0.25) is 0 Å². The summed E-state index contributed by atoms with van der Waals surface area (Å²) in [6.07, 6.45) is 4.03. The molecule has 4 nitrogen and oxygen atoms in total. The molecular formula is C13H17F2N3O. The van der Waals surface area contributed by atoms with Crippen molar-refractivity contribution in [1.29, 1.82) is 0 Å². The minimum atomic E-state index is -0.677. The maximum atomic E-state index is 14.1. The van der Waals surface area contributed by atoms with Gasteiger partial charge in [0.25, 0.3) is 0 Å². The molecule has 0 bridgehead atoms. The second kappa shape index (κ2) is 5.86. The summed E-state index contributed by atoms with van der Waals surface area (Å²) in [6.45, 7) is 1.30. The third-order valence-corrected chi connectivity index (χ3v) is 3.34. The van der Waals surface area contributed by atoms with E-state index in [2.05, 4.69) is 5.16 Å². The monoisotopic (exact) mass is 269 g/mol. The predicted molar refractivity (Wildman–Crippen MR) is 69.5 cm³/mol. The Hall–Kier alpha value is -1.85. The van der Waals surface area contributed by atoms with E-state index in [0.29, 0.717) is 13.1 Å². The first-order valence-electron chi connectivity index (χ1n) is 6.35. The van der Waals surface area contributed by atoms with Crippen LogP contribution < -0.4 is 10.6 Å². The molecule has 0 unspecified atom stereocenters. The molecule has 1 aliphatic rings. The van der Waals surface area contributed by atoms with Gasteiger partial charge in [-0.05, 0) is 25.0 Å². The average molecular weight is 269 g/mol. The van der Waals surface area contributed by atoms with Crippen LogP contribution in [0.5, 0.6) is 0 Å². The molecule has 3 N–H and O–H groups in total. The summed E-state index contributed by atoms with van der Waals surface area (Å²) in [5.41, 5.74) is 5.36. The first-order chi connectivity index (χ1) is 9.13. The summed E-state index contributed by atoms with van der Waals surface area (Å²) in [5.74, 6) is -1.66. The van der Waals surface area contributed by atoms with E-state index in [9.17, 15) is 8.78 Å². The van der Waals surface area contributed by atoms with Crippen molar-refractivity contribution in [3.63, 3.8) is 0 Å². The molecule has 0 amide bonds. The molecule has 1 heterocycles. The molecule has 0 spiro atoms. The number of nitrogens with zero attached hydrogens (tertiary/aromatic N) is 2. The number of halogens is 2. The van der Waals surface area contributed by atoms with E-state index in [1.165, 1.54) is 0 Å². The summed E-state index contributed by atoms with van der Waals surface area (Å²) in [5, 5.41) is 11.3. The standard InChI is InChI=1S/C13H17F2N3O/c14-10-7-9(13(16)17-19)8-11(15)12(10)18-5-3-1-2-4-6-18/h7-8,19H,1-6H2,(H2,16,17). The molecule has 0 aromatic heterocycles. The van der Waals surface area contributed by atoms with E-state index in [-0.39, 0.29) is 17.1 Å². The number of hydrogen-bond acceptors (Lipinski definition) is 3. The highest BCUT2D eigenvalue weighted by molar-refractivity contribution is 5.97. The van der Waals surface area contributed by atoms with Gasteiger partial charge in [-0.3, -0.25) is 0 Å². The number of nitrogens with two attached hydrogens (primary N) is 1. The van der Waals surface area contributed by atoms with Crippen molar-refractivity contribution in [3.8, 4) is 0 Å². The summed E-state index contributed by atoms with van der Waals surface area (Å²) >= 11 is 0. The summed E-state index contributed by atoms with van der Waals surface area (Å²) < 4.78 is 28.1. The number of benzene rings is 1. The number of hydrogen-bond donors (Lipinski definition) is 2. The molecule has 1 fully saturated rings. The number of anilines is 1. The fourth-order valence-electron chi connectivity index (χ4n) is 2.37. The van der Waals surface area contributed by atoms with Gasteiger partial charge >= 0.3 is 0 Å². The van der Waals surface area contributed by atoms with Crippen LogP contribution in [0.25, 0.3) is 0 Å². The highest BCUT2D eigenvalue weighted by Crippen LogP contribution is 2.27. The van der Waals surface area contributed by atoms with E-state index in [0.717, 1.165) is 37.8 Å². The first-order valence-corrected chi connectivity index (χ1v) is 6.35. The SMILES string of the molecule is N/C(=N/O)c1cc(F)c(N2CCCCCC2)c(F)c1. The normalized spacial score (nSPS) is 17.4. The quantitative estimate of drug-likeness (QED) is 0.375. The average Bonchev–Trinajstić information content (AvgIpc) is 2.66. The second-order valence-electron chi connectivity index (χ2n) is 4.68. The van der Waals surface area contributed by atoms with Crippen LogP contribution in [-0.2, 0) is 0 Å². The molecular weight excluding hydrogens is 252 g/mol. The van der Waals surface area contributed by atoms with Crippen molar-refractivity contribution in [1.82, 2.24) is 0 Å². The molecule has 1 saturated heterocycles. The smallest absolute Gasteiger partial charge is 0.170 e. The van der Waals surface area contributed by atoms with Crippen molar-refractivity contribution < 1.29 is 14.0 Å². The van der Waals surface area contributed by atoms with Gasteiger partial charge in [-0.15, -0.1) is 0 Å². The zero-order chi connectivity index (χ0) is 13.8. The van der Waals surface area contributed by atoms with Gasteiger partial charge in [-0.25, -0.2) is 8.78 Å². The Balaban J connectivity index is 2.35. The van der Waals surface area contributed by atoms with Crippen LogP contribution in [0.2, 0.25) is 0 Å². The minimum Gasteiger partial charge on any atom is -0.409 e. The third-order valence-electron chi connectivity index (χ3n) is 3.34. The van der Waals surface area contributed by atoms with Crippen molar-refractivity contribution in [2.24, 2.45) is 10.9 Å². The van der Waals surface area contributed by atoms with Gasteiger partial charge in [-0.2, -0.15) is 0 Å². The Kier molecular flexibility index (Phi) is 4.19. The van der Waals surface area contributed by atoms with Gasteiger partial charge in [0, 0.05) is 18.7 Å². The summed E-state index contributed by atoms with van der Waals surface area (Å²) in [7, 11) is 0. The summed E-state index contributed by atoms with van der Waals surface area (Å²) in [4.78, 5) is 1.73. The van der Waals surface area contributed by atoms with Gasteiger partial charge in [-0.1, -0.05) is 18.0 Å². The van der Waals surface area contributed by atoms with Gasteiger partial charge < -0.3 is 15.8 Å². The van der Waals surface area contributed by atoms with E-state index >= 15 is 0 Å². The molecule has 2 rings (SSSR count). The minimum absolute atomic E-state index is 0.0172. The van der Waals surface area contributed by atoms with E-state index < -0.39 is 11.6 Å². The van der Waals surface area contributed by atoms with Crippen LogP contribution in [0.4, 0.5) is 14.5 Å². The van der Waals surface area contributed by atoms with Crippen LogP contribution in [0.15, 0.2) is 17.3 Å². The third kappa shape index (κ3) is 2.94. The lowest BCUT2D eigenvalue weighted by atomic mass is 10.1. The molecule has 6 heteroatoms. The fraction of sp³-hybridized carbons (Fsp3) is 0.462. The molecule has 104 valence electrons. The predicted octanol–water partition coefficient (Wildman–Crippen LogP) is 2.44. The summed E-state index contributed by atoms with van der Waals surface area (Å²) in [6, 6.07) is 2.19. The zero-order valence-corrected chi connectivity index (χ0v) is 10.6. The molecule has 19 heavy (non-hydrogen) atoms. The zero-order valence-electron chi connectivity index (χ0n) is 10.6. The van der Waals surface area contributed by atoms with Crippen LogP contribution in [0, 0.1) is 11.6 Å². The van der Waals surface area contributed by atoms with Crippen LogP contribution in [0.1, 0.15) is 31.2 Å². The van der Waals surface area contributed by atoms with Crippen molar-refractivity contribution >= 4 is 11.5 Å². The molecule has 1 aromatic rings. The molecule has 0 aliphatic carbocycles. The topological polar surface area (TPSA) is 61.9 Å². The van der Waals surface area contributed by atoms with Crippen molar-refractivity contribution in [3.05, 3.63) is 29.3 Å². The van der Waals surface area contributed by atoms with Crippen LogP contribution >= 0.6 is 0 Å². The van der Waals surface area contributed by atoms with E-state index in [1.807, 2.05) is 0 Å². The van der Waals surface area contributed by atoms with Crippen molar-refractivity contribution in [2.45, 2.75) is 25.7 Å². The van der Waals surface area contributed by atoms with Crippen LogP contribution in [0.3, 0.4) is 0 Å². The molecule has 0 atom stereocenters. The number of rotatable bonds is 2. The molecule has 0 saturated carbocycles. The first kappa shape index (κ1) is 13.6. The Morgan fingerprint density at radius 1 is 1.11 bits per heavy atom. The maximum absolute atomic E-state index is 14.1. The fourth-order valence-corrected chi connectivity index (χ4v) is 2.37. The lowest BCUT2D eigenvalue weighted by Gasteiger charge is -2.24. The highest BCUT2D eigenvalue weighted by atomic mass is 19.1.